The maximum absolute atomic E-state index is 11.7. The number of likely N-dealkylation sites (tertiary alicyclic amines) is 1. The van der Waals surface area contributed by atoms with Gasteiger partial charge in [0.2, 0.25) is 0 Å². The van der Waals surface area contributed by atoms with Crippen LogP contribution < -0.4 is 5.73 Å². The minimum atomic E-state index is 0.0841. The Morgan fingerprint density at radius 2 is 2.00 bits per heavy atom. The number of thiocarbonyl (C=S) groups is 1. The van der Waals surface area contributed by atoms with Gasteiger partial charge in [-0.25, -0.2) is 0 Å². The molecule has 0 aromatic rings. The van der Waals surface area contributed by atoms with Crippen molar-refractivity contribution in [3.63, 3.8) is 0 Å². The van der Waals surface area contributed by atoms with E-state index in [4.69, 9.17) is 18.0 Å². The minimum absolute atomic E-state index is 0.0841. The number of carbonyl (C=O) groups is 1. The lowest BCUT2D eigenvalue weighted by atomic mass is 9.83. The van der Waals surface area contributed by atoms with E-state index in [9.17, 15) is 4.79 Å². The van der Waals surface area contributed by atoms with Gasteiger partial charge >= 0.3 is 0 Å². The molecule has 14 heavy (non-hydrogen) atoms. The molecule has 1 aliphatic heterocycles. The average molecular weight is 214 g/mol. The molecule has 0 saturated carbocycles. The summed E-state index contributed by atoms with van der Waals surface area (Å²) in [5.41, 5.74) is 5.52. The van der Waals surface area contributed by atoms with Crippen molar-refractivity contribution < 1.29 is 4.79 Å². The average Bonchev–Trinajstić information content (AvgIpc) is 1.75. The molecule has 0 bridgehead atoms. The molecule has 0 aliphatic carbocycles. The molecule has 1 saturated heterocycles. The van der Waals surface area contributed by atoms with Crippen molar-refractivity contribution >= 4 is 23.1 Å². The third kappa shape index (κ3) is 2.94. The number of nitrogens with two attached hydrogens (primary N) is 1. The fraction of sp³-hybridized carbons (Fsp3) is 0.800. The van der Waals surface area contributed by atoms with Crippen LogP contribution in [-0.4, -0.2) is 28.9 Å². The van der Waals surface area contributed by atoms with Gasteiger partial charge in [-0.2, -0.15) is 0 Å². The quantitative estimate of drug-likeness (QED) is 0.701. The summed E-state index contributed by atoms with van der Waals surface area (Å²) in [7, 11) is 0. The number of hydrogen-bond acceptors (Lipinski definition) is 2. The van der Waals surface area contributed by atoms with Crippen LogP contribution in [0.3, 0.4) is 0 Å². The van der Waals surface area contributed by atoms with Crippen LogP contribution in [-0.2, 0) is 4.79 Å². The van der Waals surface area contributed by atoms with Crippen LogP contribution in [0.5, 0.6) is 0 Å². The maximum Gasteiger partial charge on any atom is 0.166 e. The van der Waals surface area contributed by atoms with E-state index in [1.165, 1.54) is 0 Å². The fourth-order valence-corrected chi connectivity index (χ4v) is 1.68. The van der Waals surface area contributed by atoms with E-state index >= 15 is 0 Å². The molecule has 0 radical (unpaired) electrons. The first-order valence-electron chi connectivity index (χ1n) is 4.87. The van der Waals surface area contributed by atoms with Gasteiger partial charge in [-0.05, 0) is 17.6 Å². The van der Waals surface area contributed by atoms with Gasteiger partial charge in [0.15, 0.2) is 5.11 Å². The molecule has 1 rings (SSSR count). The summed E-state index contributed by atoms with van der Waals surface area (Å²) in [6.07, 6.45) is 0.642. The molecular weight excluding hydrogens is 196 g/mol. The monoisotopic (exact) mass is 214 g/mol. The van der Waals surface area contributed by atoms with Crippen molar-refractivity contribution in [1.82, 2.24) is 4.90 Å². The zero-order valence-corrected chi connectivity index (χ0v) is 9.86. The molecule has 0 aromatic carbocycles. The van der Waals surface area contributed by atoms with E-state index < -0.39 is 0 Å². The zero-order valence-electron chi connectivity index (χ0n) is 9.04. The Hall–Kier alpha value is -0.640. The van der Waals surface area contributed by atoms with Gasteiger partial charge in [0, 0.05) is 19.5 Å². The van der Waals surface area contributed by atoms with E-state index in [1.54, 1.807) is 0 Å². The molecule has 0 unspecified atom stereocenters. The fourth-order valence-electron chi connectivity index (χ4n) is 1.53. The third-order valence-electron chi connectivity index (χ3n) is 2.35. The predicted molar refractivity (Wildman–Crippen MR) is 60.9 cm³/mol. The summed E-state index contributed by atoms with van der Waals surface area (Å²) in [5.74, 6) is 0.487. The molecular formula is C10H18N2OS. The summed E-state index contributed by atoms with van der Waals surface area (Å²) in [4.78, 5) is 13.6. The molecule has 1 heterocycles. The Morgan fingerprint density at radius 3 is 2.36 bits per heavy atom. The van der Waals surface area contributed by atoms with Gasteiger partial charge in [0.25, 0.3) is 0 Å². The Labute approximate surface area is 90.6 Å². The standard InChI is InChI=1S/C10H18N2OS/c1-10(2,3)4-8(13)7-5-12(6-7)9(11)14/h7H,4-6H2,1-3H3,(H2,11,14). The van der Waals surface area contributed by atoms with Crippen LogP contribution in [0.2, 0.25) is 0 Å². The topological polar surface area (TPSA) is 46.3 Å². The molecule has 0 amide bonds. The van der Waals surface area contributed by atoms with Crippen molar-refractivity contribution in [3.05, 3.63) is 0 Å². The Bertz CT molecular complexity index is 251. The van der Waals surface area contributed by atoms with Crippen LogP contribution in [0.4, 0.5) is 0 Å². The van der Waals surface area contributed by atoms with E-state index in [0.29, 0.717) is 30.4 Å². The lowest BCUT2D eigenvalue weighted by molar-refractivity contribution is -0.128. The first-order valence-corrected chi connectivity index (χ1v) is 5.27. The largest absolute Gasteiger partial charge is 0.376 e. The number of nitrogens with zero attached hydrogens (tertiary/aromatic N) is 1. The number of Topliss-reactive ketones (excluding diaryl/α,β-unsaturated/α-hetero) is 1. The lowest BCUT2D eigenvalue weighted by Gasteiger charge is -2.39. The Balaban J connectivity index is 2.34. The van der Waals surface area contributed by atoms with Crippen LogP contribution in [0, 0.1) is 11.3 Å². The van der Waals surface area contributed by atoms with Gasteiger partial charge in [-0.15, -0.1) is 0 Å². The molecule has 80 valence electrons. The van der Waals surface area contributed by atoms with Gasteiger partial charge in [-0.1, -0.05) is 20.8 Å². The summed E-state index contributed by atoms with van der Waals surface area (Å²) in [5, 5.41) is 0.407. The number of carbonyl (C=O) groups excluding carboxylic acids is 1. The Kier molecular flexibility index (Phi) is 3.14. The van der Waals surface area contributed by atoms with Crippen LogP contribution in [0.15, 0.2) is 0 Å². The van der Waals surface area contributed by atoms with Crippen LogP contribution in [0.25, 0.3) is 0 Å². The highest BCUT2D eigenvalue weighted by Gasteiger charge is 2.34. The third-order valence-corrected chi connectivity index (χ3v) is 2.61. The number of ketones is 1. The smallest absolute Gasteiger partial charge is 0.166 e. The first kappa shape index (κ1) is 11.4. The molecule has 0 aromatic heterocycles. The second kappa shape index (κ2) is 3.85. The van der Waals surface area contributed by atoms with Gasteiger partial charge in [-0.3, -0.25) is 4.79 Å². The summed E-state index contributed by atoms with van der Waals surface area (Å²) in [6, 6.07) is 0. The SMILES string of the molecule is CC(C)(C)CC(=O)C1CN(C(N)=S)C1. The molecule has 1 fully saturated rings. The van der Waals surface area contributed by atoms with Crippen molar-refractivity contribution in [3.8, 4) is 0 Å². The molecule has 0 spiro atoms. The number of hydrogen-bond donors (Lipinski definition) is 1. The van der Waals surface area contributed by atoms with Crippen molar-refractivity contribution in [2.75, 3.05) is 13.1 Å². The molecule has 0 atom stereocenters. The van der Waals surface area contributed by atoms with Gasteiger partial charge < -0.3 is 10.6 Å². The summed E-state index contributed by atoms with van der Waals surface area (Å²) < 4.78 is 0. The van der Waals surface area contributed by atoms with E-state index in [-0.39, 0.29) is 11.3 Å². The first-order chi connectivity index (χ1) is 6.29. The van der Waals surface area contributed by atoms with Gasteiger partial charge in [0.05, 0.1) is 5.92 Å². The predicted octanol–water partition coefficient (Wildman–Crippen LogP) is 1.17. The van der Waals surface area contributed by atoms with Gasteiger partial charge in [0.1, 0.15) is 5.78 Å². The highest BCUT2D eigenvalue weighted by atomic mass is 32.1. The van der Waals surface area contributed by atoms with E-state index in [0.717, 1.165) is 0 Å². The molecule has 2 N–H and O–H groups in total. The highest BCUT2D eigenvalue weighted by molar-refractivity contribution is 7.80. The minimum Gasteiger partial charge on any atom is -0.376 e. The summed E-state index contributed by atoms with van der Waals surface area (Å²) in [6.45, 7) is 7.66. The van der Waals surface area contributed by atoms with E-state index in [1.807, 2.05) is 4.90 Å². The second-order valence-electron chi connectivity index (χ2n) is 5.14. The van der Waals surface area contributed by atoms with E-state index in [2.05, 4.69) is 20.8 Å². The molecule has 1 aliphatic rings. The zero-order chi connectivity index (χ0) is 10.9. The Morgan fingerprint density at radius 1 is 1.50 bits per heavy atom. The van der Waals surface area contributed by atoms with Crippen molar-refractivity contribution in [1.29, 1.82) is 0 Å². The normalized spacial score (nSPS) is 17.8. The highest BCUT2D eigenvalue weighted by Crippen LogP contribution is 2.25. The lowest BCUT2D eigenvalue weighted by Crippen LogP contribution is -2.55. The maximum atomic E-state index is 11.7. The van der Waals surface area contributed by atoms with Crippen molar-refractivity contribution in [2.24, 2.45) is 17.1 Å². The van der Waals surface area contributed by atoms with Crippen molar-refractivity contribution in [2.45, 2.75) is 27.2 Å². The molecule has 3 nitrogen and oxygen atoms in total. The summed E-state index contributed by atoms with van der Waals surface area (Å²) >= 11 is 4.81. The van der Waals surface area contributed by atoms with Crippen LogP contribution in [0.1, 0.15) is 27.2 Å². The number of rotatable bonds is 2. The second-order valence-corrected chi connectivity index (χ2v) is 5.56. The molecule has 4 heteroatoms. The van der Waals surface area contributed by atoms with Crippen LogP contribution >= 0.6 is 12.2 Å².